The van der Waals surface area contributed by atoms with E-state index in [1.54, 1.807) is 7.11 Å². The van der Waals surface area contributed by atoms with E-state index in [4.69, 9.17) is 4.74 Å². The average Bonchev–Trinajstić information content (AvgIpc) is 2.55. The lowest BCUT2D eigenvalue weighted by atomic mass is 10.1. The van der Waals surface area contributed by atoms with Crippen molar-refractivity contribution in [3.05, 3.63) is 65.2 Å². The van der Waals surface area contributed by atoms with Gasteiger partial charge in [-0.1, -0.05) is 42.0 Å². The van der Waals surface area contributed by atoms with Gasteiger partial charge in [-0.05, 0) is 36.6 Å². The van der Waals surface area contributed by atoms with Crippen LogP contribution < -0.4 is 15.4 Å². The highest BCUT2D eigenvalue weighted by atomic mass is 16.5. The molecule has 116 valence electrons. The highest BCUT2D eigenvalue weighted by Gasteiger charge is 2.01. The third-order valence-corrected chi connectivity index (χ3v) is 3.43. The van der Waals surface area contributed by atoms with Crippen molar-refractivity contribution >= 4 is 6.03 Å². The number of rotatable bonds is 6. The molecule has 2 aromatic carbocycles. The van der Waals surface area contributed by atoms with Gasteiger partial charge in [-0.2, -0.15) is 0 Å². The van der Waals surface area contributed by atoms with Crippen molar-refractivity contribution in [3.8, 4) is 5.75 Å². The van der Waals surface area contributed by atoms with E-state index in [9.17, 15) is 4.79 Å². The highest BCUT2D eigenvalue weighted by molar-refractivity contribution is 5.73. The molecule has 0 aliphatic rings. The zero-order valence-corrected chi connectivity index (χ0v) is 13.1. The largest absolute Gasteiger partial charge is 0.497 e. The summed E-state index contributed by atoms with van der Waals surface area (Å²) in [5.41, 5.74) is 3.50. The van der Waals surface area contributed by atoms with Crippen LogP contribution in [-0.2, 0) is 13.0 Å². The van der Waals surface area contributed by atoms with Crippen LogP contribution in [0.25, 0.3) is 0 Å². The molecule has 0 fully saturated rings. The van der Waals surface area contributed by atoms with E-state index in [0.717, 1.165) is 17.7 Å². The van der Waals surface area contributed by atoms with Gasteiger partial charge in [-0.25, -0.2) is 4.79 Å². The highest BCUT2D eigenvalue weighted by Crippen LogP contribution is 2.10. The summed E-state index contributed by atoms with van der Waals surface area (Å²) in [7, 11) is 1.63. The third-order valence-electron chi connectivity index (χ3n) is 3.43. The van der Waals surface area contributed by atoms with Crippen LogP contribution in [0.5, 0.6) is 5.75 Å². The number of carbonyl (C=O) groups excluding carboxylic acids is 1. The first-order valence-electron chi connectivity index (χ1n) is 7.37. The van der Waals surface area contributed by atoms with E-state index >= 15 is 0 Å². The number of nitrogens with one attached hydrogen (secondary N) is 2. The quantitative estimate of drug-likeness (QED) is 0.861. The van der Waals surface area contributed by atoms with Gasteiger partial charge in [0.25, 0.3) is 0 Å². The van der Waals surface area contributed by atoms with Crippen LogP contribution >= 0.6 is 0 Å². The molecule has 0 bridgehead atoms. The van der Waals surface area contributed by atoms with Gasteiger partial charge in [0.05, 0.1) is 7.11 Å². The van der Waals surface area contributed by atoms with Crippen molar-refractivity contribution in [2.75, 3.05) is 13.7 Å². The van der Waals surface area contributed by atoms with Gasteiger partial charge in [0.15, 0.2) is 0 Å². The van der Waals surface area contributed by atoms with Gasteiger partial charge < -0.3 is 15.4 Å². The fourth-order valence-electron chi connectivity index (χ4n) is 2.06. The molecule has 0 heterocycles. The lowest BCUT2D eigenvalue weighted by Crippen LogP contribution is -2.36. The van der Waals surface area contributed by atoms with E-state index in [1.165, 1.54) is 11.1 Å². The zero-order valence-electron chi connectivity index (χ0n) is 13.1. The maximum atomic E-state index is 11.7. The Kier molecular flexibility index (Phi) is 5.83. The molecule has 4 heteroatoms. The Morgan fingerprint density at radius 3 is 2.23 bits per heavy atom. The van der Waals surface area contributed by atoms with Crippen LogP contribution in [0.15, 0.2) is 48.5 Å². The number of aryl methyl sites for hydroxylation is 1. The molecule has 2 N–H and O–H groups in total. The van der Waals surface area contributed by atoms with Crippen molar-refractivity contribution in [2.24, 2.45) is 0 Å². The maximum absolute atomic E-state index is 11.7. The summed E-state index contributed by atoms with van der Waals surface area (Å²) in [6.07, 6.45) is 0.830. The average molecular weight is 298 g/mol. The molecule has 2 amide bonds. The first-order valence-corrected chi connectivity index (χ1v) is 7.37. The minimum absolute atomic E-state index is 0.150. The number of carbonyl (C=O) groups is 1. The van der Waals surface area contributed by atoms with Crippen LogP contribution in [0.3, 0.4) is 0 Å². The standard InChI is InChI=1S/C18H22N2O2/c1-14-3-5-15(6-4-14)11-12-19-18(21)20-13-16-7-9-17(22-2)10-8-16/h3-10H,11-13H2,1-2H3,(H2,19,20,21). The predicted octanol–water partition coefficient (Wildman–Crippen LogP) is 3.05. The Balaban J connectivity index is 1.68. The molecule has 0 radical (unpaired) electrons. The summed E-state index contributed by atoms with van der Waals surface area (Å²) in [6, 6.07) is 15.8. The Labute approximate surface area is 131 Å². The van der Waals surface area contributed by atoms with Crippen molar-refractivity contribution < 1.29 is 9.53 Å². The van der Waals surface area contributed by atoms with Gasteiger partial charge in [-0.3, -0.25) is 0 Å². The van der Waals surface area contributed by atoms with Gasteiger partial charge in [0.2, 0.25) is 0 Å². The summed E-state index contributed by atoms with van der Waals surface area (Å²) in [5.74, 6) is 0.811. The normalized spacial score (nSPS) is 10.1. The van der Waals surface area contributed by atoms with Crippen molar-refractivity contribution in [1.29, 1.82) is 0 Å². The smallest absolute Gasteiger partial charge is 0.315 e. The van der Waals surface area contributed by atoms with Crippen molar-refractivity contribution in [3.63, 3.8) is 0 Å². The minimum Gasteiger partial charge on any atom is -0.497 e. The molecule has 2 aromatic rings. The molecule has 0 spiro atoms. The molecule has 2 rings (SSSR count). The van der Waals surface area contributed by atoms with Gasteiger partial charge >= 0.3 is 6.03 Å². The Bertz CT molecular complexity index is 591. The number of methoxy groups -OCH3 is 1. The van der Waals surface area contributed by atoms with E-state index in [1.807, 2.05) is 24.3 Å². The fraction of sp³-hybridized carbons (Fsp3) is 0.278. The Morgan fingerprint density at radius 1 is 0.955 bits per heavy atom. The Morgan fingerprint density at radius 2 is 1.59 bits per heavy atom. The van der Waals surface area contributed by atoms with E-state index < -0.39 is 0 Å². The number of urea groups is 1. The maximum Gasteiger partial charge on any atom is 0.315 e. The number of ether oxygens (including phenoxy) is 1. The van der Waals surface area contributed by atoms with E-state index in [2.05, 4.69) is 41.8 Å². The topological polar surface area (TPSA) is 50.4 Å². The molecule has 22 heavy (non-hydrogen) atoms. The second-order valence-corrected chi connectivity index (χ2v) is 5.19. The molecule has 0 aromatic heterocycles. The molecule has 0 saturated heterocycles. The third kappa shape index (κ3) is 5.13. The summed E-state index contributed by atoms with van der Waals surface area (Å²) in [5, 5.41) is 5.70. The van der Waals surface area contributed by atoms with Gasteiger partial charge in [-0.15, -0.1) is 0 Å². The predicted molar refractivity (Wildman–Crippen MR) is 88.1 cm³/mol. The number of hydrogen-bond donors (Lipinski definition) is 2. The van der Waals surface area contributed by atoms with Gasteiger partial charge in [0, 0.05) is 13.1 Å². The summed E-state index contributed by atoms with van der Waals surface area (Å²) < 4.78 is 5.10. The van der Waals surface area contributed by atoms with Gasteiger partial charge in [0.1, 0.15) is 5.75 Å². The van der Waals surface area contributed by atoms with E-state index in [-0.39, 0.29) is 6.03 Å². The monoisotopic (exact) mass is 298 g/mol. The number of amides is 2. The van der Waals surface area contributed by atoms with Crippen LogP contribution in [0, 0.1) is 6.92 Å². The summed E-state index contributed by atoms with van der Waals surface area (Å²) in [4.78, 5) is 11.7. The molecule has 0 aliphatic carbocycles. The lowest BCUT2D eigenvalue weighted by molar-refractivity contribution is 0.240. The summed E-state index contributed by atoms with van der Waals surface area (Å²) >= 11 is 0. The van der Waals surface area contributed by atoms with Crippen molar-refractivity contribution in [1.82, 2.24) is 10.6 Å². The summed E-state index contributed by atoms with van der Waals surface area (Å²) in [6.45, 7) is 3.19. The van der Waals surface area contributed by atoms with Crippen LogP contribution in [0.1, 0.15) is 16.7 Å². The molecular formula is C18H22N2O2. The first-order chi connectivity index (χ1) is 10.7. The minimum atomic E-state index is -0.150. The van der Waals surface area contributed by atoms with Crippen LogP contribution in [0.4, 0.5) is 4.79 Å². The second kappa shape index (κ2) is 8.08. The van der Waals surface area contributed by atoms with Crippen LogP contribution in [0.2, 0.25) is 0 Å². The van der Waals surface area contributed by atoms with E-state index in [0.29, 0.717) is 13.1 Å². The Hall–Kier alpha value is -2.49. The molecular weight excluding hydrogens is 276 g/mol. The van der Waals surface area contributed by atoms with Crippen LogP contribution in [-0.4, -0.2) is 19.7 Å². The fourth-order valence-corrected chi connectivity index (χ4v) is 2.06. The second-order valence-electron chi connectivity index (χ2n) is 5.19. The van der Waals surface area contributed by atoms with Crippen molar-refractivity contribution in [2.45, 2.75) is 19.9 Å². The molecule has 0 saturated carbocycles. The number of hydrogen-bond acceptors (Lipinski definition) is 2. The zero-order chi connectivity index (χ0) is 15.8. The molecule has 0 unspecified atom stereocenters. The number of benzene rings is 2. The SMILES string of the molecule is COc1ccc(CNC(=O)NCCc2ccc(C)cc2)cc1. The first kappa shape index (κ1) is 15.9. The molecule has 0 atom stereocenters. The molecule has 4 nitrogen and oxygen atoms in total. The molecule has 0 aliphatic heterocycles. The lowest BCUT2D eigenvalue weighted by Gasteiger charge is -2.08.